The van der Waals surface area contributed by atoms with Crippen molar-refractivity contribution in [1.29, 1.82) is 0 Å². The van der Waals surface area contributed by atoms with E-state index in [0.717, 1.165) is 16.7 Å². The van der Waals surface area contributed by atoms with Gasteiger partial charge in [0, 0.05) is 5.39 Å². The van der Waals surface area contributed by atoms with Crippen molar-refractivity contribution in [3.8, 4) is 5.75 Å². The van der Waals surface area contributed by atoms with Crippen LogP contribution in [0.3, 0.4) is 0 Å². The first-order chi connectivity index (χ1) is 8.83. The maximum atomic E-state index is 5.41. The minimum absolute atomic E-state index is 0.915. The normalized spacial score (nSPS) is 10.7. The molecule has 88 valence electrons. The van der Waals surface area contributed by atoms with Crippen LogP contribution in [-0.2, 0) is 0 Å². The average Bonchev–Trinajstić information content (AvgIpc) is 2.43. The average molecular weight is 234 g/mol. The van der Waals surface area contributed by atoms with E-state index >= 15 is 0 Å². The highest BCUT2D eigenvalue weighted by Crippen LogP contribution is 2.31. The van der Waals surface area contributed by atoms with E-state index < -0.39 is 0 Å². The van der Waals surface area contributed by atoms with Gasteiger partial charge in [0.2, 0.25) is 0 Å². The van der Waals surface area contributed by atoms with Crippen LogP contribution in [0.15, 0.2) is 55.1 Å². The number of fused-ring (bicyclic) bond motifs is 2. The van der Waals surface area contributed by atoms with Crippen molar-refractivity contribution in [2.24, 2.45) is 0 Å². The molecule has 3 rings (SSSR count). The number of hydrogen-bond acceptors (Lipinski definition) is 1. The molecule has 0 atom stereocenters. The highest BCUT2D eigenvalue weighted by Gasteiger charge is 2.04. The molecule has 0 aliphatic carbocycles. The first-order valence-electron chi connectivity index (χ1n) is 5.95. The molecule has 0 radical (unpaired) electrons. The summed E-state index contributed by atoms with van der Waals surface area (Å²) in [5.74, 6) is 0.915. The van der Waals surface area contributed by atoms with Gasteiger partial charge in [-0.25, -0.2) is 0 Å². The van der Waals surface area contributed by atoms with Gasteiger partial charge in [-0.05, 0) is 39.9 Å². The van der Waals surface area contributed by atoms with Gasteiger partial charge < -0.3 is 4.74 Å². The fraction of sp³-hybridized carbons (Fsp3) is 0.0588. The molecule has 0 aliphatic rings. The molecular formula is C17H14O. The van der Waals surface area contributed by atoms with E-state index in [-0.39, 0.29) is 0 Å². The molecular weight excluding hydrogens is 220 g/mol. The third-order valence-corrected chi connectivity index (χ3v) is 3.31. The first-order valence-corrected chi connectivity index (χ1v) is 5.95. The van der Waals surface area contributed by atoms with Crippen LogP contribution in [0.5, 0.6) is 5.75 Å². The molecule has 1 heteroatoms. The van der Waals surface area contributed by atoms with Gasteiger partial charge in [0.25, 0.3) is 0 Å². The SMILES string of the molecule is C=Cc1cccc2cc3c(OC)cccc3cc12. The molecule has 0 spiro atoms. The second-order valence-electron chi connectivity index (χ2n) is 4.31. The molecule has 18 heavy (non-hydrogen) atoms. The third kappa shape index (κ3) is 1.56. The molecule has 1 nitrogen and oxygen atoms in total. The van der Waals surface area contributed by atoms with Crippen LogP contribution in [0.2, 0.25) is 0 Å². The second-order valence-corrected chi connectivity index (χ2v) is 4.31. The van der Waals surface area contributed by atoms with Gasteiger partial charge in [0.1, 0.15) is 5.75 Å². The third-order valence-electron chi connectivity index (χ3n) is 3.31. The minimum Gasteiger partial charge on any atom is -0.496 e. The summed E-state index contributed by atoms with van der Waals surface area (Å²) < 4.78 is 5.41. The zero-order valence-corrected chi connectivity index (χ0v) is 10.3. The number of benzene rings is 3. The van der Waals surface area contributed by atoms with Gasteiger partial charge in [0.15, 0.2) is 0 Å². The number of rotatable bonds is 2. The van der Waals surface area contributed by atoms with Crippen LogP contribution in [0.1, 0.15) is 5.56 Å². The van der Waals surface area contributed by atoms with Crippen LogP contribution in [-0.4, -0.2) is 7.11 Å². The molecule has 3 aromatic rings. The molecule has 0 saturated heterocycles. The summed E-state index contributed by atoms with van der Waals surface area (Å²) in [6.07, 6.45) is 1.90. The zero-order valence-electron chi connectivity index (χ0n) is 10.3. The maximum absolute atomic E-state index is 5.41. The van der Waals surface area contributed by atoms with Crippen molar-refractivity contribution in [3.63, 3.8) is 0 Å². The summed E-state index contributed by atoms with van der Waals surface area (Å²) in [5, 5.41) is 4.78. The van der Waals surface area contributed by atoms with E-state index in [1.54, 1.807) is 7.11 Å². The van der Waals surface area contributed by atoms with Crippen LogP contribution >= 0.6 is 0 Å². The minimum atomic E-state index is 0.915. The zero-order chi connectivity index (χ0) is 12.5. The quantitative estimate of drug-likeness (QED) is 0.587. The molecule has 0 unspecified atom stereocenters. The molecule has 3 aromatic carbocycles. The molecule has 0 amide bonds. The first kappa shape index (κ1) is 10.8. The Hall–Kier alpha value is -2.28. The molecule has 0 saturated carbocycles. The lowest BCUT2D eigenvalue weighted by molar-refractivity contribution is 0.420. The number of hydrogen-bond donors (Lipinski definition) is 0. The standard InChI is InChI=1S/C17H14O/c1-3-12-6-4-7-13-11-16-14(10-15(12)13)8-5-9-17(16)18-2/h3-11H,1H2,2H3. The predicted molar refractivity (Wildman–Crippen MR) is 78.1 cm³/mol. The number of methoxy groups -OCH3 is 1. The van der Waals surface area contributed by atoms with Gasteiger partial charge in [-0.1, -0.05) is 43.0 Å². The van der Waals surface area contributed by atoms with E-state index in [4.69, 9.17) is 4.74 Å². The largest absolute Gasteiger partial charge is 0.496 e. The van der Waals surface area contributed by atoms with Gasteiger partial charge in [-0.3, -0.25) is 0 Å². The van der Waals surface area contributed by atoms with Gasteiger partial charge >= 0.3 is 0 Å². The van der Waals surface area contributed by atoms with E-state index in [2.05, 4.69) is 43.0 Å². The Bertz CT molecular complexity index is 741. The fourth-order valence-corrected chi connectivity index (χ4v) is 2.40. The van der Waals surface area contributed by atoms with E-state index in [0.29, 0.717) is 0 Å². The van der Waals surface area contributed by atoms with E-state index in [9.17, 15) is 0 Å². The highest BCUT2D eigenvalue weighted by atomic mass is 16.5. The molecule has 0 fully saturated rings. The summed E-state index contributed by atoms with van der Waals surface area (Å²) in [6, 6.07) is 16.8. The van der Waals surface area contributed by atoms with Gasteiger partial charge in [-0.2, -0.15) is 0 Å². The lowest BCUT2D eigenvalue weighted by atomic mass is 9.99. The Balaban J connectivity index is 2.47. The lowest BCUT2D eigenvalue weighted by Crippen LogP contribution is -1.86. The van der Waals surface area contributed by atoms with Crippen molar-refractivity contribution >= 4 is 27.6 Å². The fourth-order valence-electron chi connectivity index (χ4n) is 2.40. The van der Waals surface area contributed by atoms with Crippen molar-refractivity contribution in [1.82, 2.24) is 0 Å². The molecule has 0 N–H and O–H groups in total. The van der Waals surface area contributed by atoms with Crippen molar-refractivity contribution in [3.05, 3.63) is 60.7 Å². The molecule has 0 aromatic heterocycles. The molecule has 0 bridgehead atoms. The monoisotopic (exact) mass is 234 g/mol. The summed E-state index contributed by atoms with van der Waals surface area (Å²) in [5.41, 5.74) is 1.16. The van der Waals surface area contributed by atoms with E-state index in [1.165, 1.54) is 16.2 Å². The van der Waals surface area contributed by atoms with Gasteiger partial charge in [0.05, 0.1) is 7.11 Å². The number of ether oxygens (including phenoxy) is 1. The Morgan fingerprint density at radius 1 is 0.944 bits per heavy atom. The smallest absolute Gasteiger partial charge is 0.126 e. The van der Waals surface area contributed by atoms with Crippen molar-refractivity contribution in [2.45, 2.75) is 0 Å². The summed E-state index contributed by atoms with van der Waals surface area (Å²) in [4.78, 5) is 0. The second kappa shape index (κ2) is 4.19. The summed E-state index contributed by atoms with van der Waals surface area (Å²) >= 11 is 0. The summed E-state index contributed by atoms with van der Waals surface area (Å²) in [7, 11) is 1.71. The van der Waals surface area contributed by atoms with Crippen LogP contribution in [0.4, 0.5) is 0 Å². The Kier molecular flexibility index (Phi) is 2.52. The summed E-state index contributed by atoms with van der Waals surface area (Å²) in [6.45, 7) is 3.87. The highest BCUT2D eigenvalue weighted by molar-refractivity contribution is 6.03. The Morgan fingerprint density at radius 3 is 2.33 bits per heavy atom. The molecule has 0 aliphatic heterocycles. The van der Waals surface area contributed by atoms with Gasteiger partial charge in [-0.15, -0.1) is 0 Å². The van der Waals surface area contributed by atoms with Crippen molar-refractivity contribution in [2.75, 3.05) is 7.11 Å². The van der Waals surface area contributed by atoms with Crippen molar-refractivity contribution < 1.29 is 4.74 Å². The Labute approximate surface area is 106 Å². The lowest BCUT2D eigenvalue weighted by Gasteiger charge is -2.08. The molecule has 0 heterocycles. The topological polar surface area (TPSA) is 9.23 Å². The van der Waals surface area contributed by atoms with Crippen LogP contribution < -0.4 is 4.74 Å². The van der Waals surface area contributed by atoms with Crippen LogP contribution in [0, 0.1) is 0 Å². The van der Waals surface area contributed by atoms with Crippen LogP contribution in [0.25, 0.3) is 27.6 Å². The van der Waals surface area contributed by atoms with E-state index in [1.807, 2.05) is 18.2 Å². The Morgan fingerprint density at radius 2 is 1.61 bits per heavy atom. The predicted octanol–water partition coefficient (Wildman–Crippen LogP) is 4.64. The maximum Gasteiger partial charge on any atom is 0.126 e.